The predicted octanol–water partition coefficient (Wildman–Crippen LogP) is 1.39. The van der Waals surface area contributed by atoms with Crippen LogP contribution in [0.3, 0.4) is 0 Å². The van der Waals surface area contributed by atoms with E-state index in [-0.39, 0.29) is 12.2 Å². The maximum absolute atomic E-state index is 10.8. The monoisotopic (exact) mass is 179 g/mol. The quantitative estimate of drug-likeness (QED) is 0.697. The molecule has 1 amide bonds. The average Bonchev–Trinajstić information content (AvgIpc) is 2.16. The van der Waals surface area contributed by atoms with Crippen molar-refractivity contribution in [3.8, 4) is 0 Å². The molecule has 0 saturated heterocycles. The van der Waals surface area contributed by atoms with Crippen LogP contribution in [0.5, 0.6) is 0 Å². The molecule has 1 rings (SSSR count). The lowest BCUT2D eigenvalue weighted by molar-refractivity contribution is 0.100. The zero-order valence-electron chi connectivity index (χ0n) is 7.15. The number of amides is 1. The van der Waals surface area contributed by atoms with Crippen molar-refractivity contribution in [1.29, 1.82) is 0 Å². The summed E-state index contributed by atoms with van der Waals surface area (Å²) in [7, 11) is 0. The Morgan fingerprint density at radius 1 is 1.54 bits per heavy atom. The van der Waals surface area contributed by atoms with Gasteiger partial charge < -0.3 is 5.11 Å². The van der Waals surface area contributed by atoms with Crippen LogP contribution >= 0.6 is 0 Å². The van der Waals surface area contributed by atoms with Gasteiger partial charge in [0.25, 0.3) is 0 Å². The van der Waals surface area contributed by atoms with Gasteiger partial charge in [-0.1, -0.05) is 6.07 Å². The number of carbonyl (C=O) groups is 1. The second-order valence-corrected chi connectivity index (χ2v) is 2.70. The molecule has 0 unspecified atom stereocenters. The number of nitroso groups, excluding NO2 is 1. The number of rotatable bonds is 2. The zero-order valence-corrected chi connectivity index (χ0v) is 7.15. The van der Waals surface area contributed by atoms with Crippen LogP contribution < -0.4 is 0 Å². The number of aliphatic hydroxyl groups excluding tert-OH is 1. The fourth-order valence-corrected chi connectivity index (χ4v) is 1.06. The van der Waals surface area contributed by atoms with Crippen LogP contribution in [-0.2, 0) is 6.61 Å². The van der Waals surface area contributed by atoms with Crippen molar-refractivity contribution in [2.45, 2.75) is 13.5 Å². The number of hydrogen-bond donors (Lipinski definition) is 1. The standard InChI is InChI=1S/C9H9NO3/c1-6-4-7(9(12)10-13)2-3-8(6)5-11/h2-4,11H,5H2,1H3. The lowest BCUT2D eigenvalue weighted by Gasteiger charge is -2.02. The van der Waals surface area contributed by atoms with Gasteiger partial charge in [0, 0.05) is 10.7 Å². The number of carbonyl (C=O) groups excluding carboxylic acids is 1. The summed E-state index contributed by atoms with van der Waals surface area (Å²) in [6, 6.07) is 4.62. The maximum Gasteiger partial charge on any atom is 0.316 e. The van der Waals surface area contributed by atoms with Crippen molar-refractivity contribution in [2.24, 2.45) is 5.18 Å². The minimum atomic E-state index is -0.785. The Hall–Kier alpha value is -1.55. The van der Waals surface area contributed by atoms with Gasteiger partial charge in [-0.2, -0.15) is 0 Å². The predicted molar refractivity (Wildman–Crippen MR) is 47.2 cm³/mol. The van der Waals surface area contributed by atoms with E-state index in [2.05, 4.69) is 5.18 Å². The second-order valence-electron chi connectivity index (χ2n) is 2.70. The van der Waals surface area contributed by atoms with Crippen molar-refractivity contribution in [3.05, 3.63) is 39.8 Å². The van der Waals surface area contributed by atoms with Crippen molar-refractivity contribution < 1.29 is 9.90 Å². The molecular weight excluding hydrogens is 170 g/mol. The van der Waals surface area contributed by atoms with Crippen LogP contribution in [-0.4, -0.2) is 11.0 Å². The zero-order chi connectivity index (χ0) is 9.84. The summed E-state index contributed by atoms with van der Waals surface area (Å²) >= 11 is 0. The Bertz CT molecular complexity index is 347. The van der Waals surface area contributed by atoms with Gasteiger partial charge >= 0.3 is 5.91 Å². The molecule has 4 nitrogen and oxygen atoms in total. The van der Waals surface area contributed by atoms with Gasteiger partial charge in [0.05, 0.1) is 6.61 Å². The van der Waals surface area contributed by atoms with Crippen molar-refractivity contribution >= 4 is 5.91 Å². The first kappa shape index (κ1) is 9.54. The van der Waals surface area contributed by atoms with Crippen molar-refractivity contribution in [3.63, 3.8) is 0 Å². The third-order valence-electron chi connectivity index (χ3n) is 1.84. The summed E-state index contributed by atoms with van der Waals surface area (Å²) in [5, 5.41) is 11.1. The van der Waals surface area contributed by atoms with Crippen molar-refractivity contribution in [1.82, 2.24) is 0 Å². The van der Waals surface area contributed by atoms with Gasteiger partial charge in [-0.3, -0.25) is 4.79 Å². The second kappa shape index (κ2) is 3.91. The summed E-state index contributed by atoms with van der Waals surface area (Å²) in [5.41, 5.74) is 1.77. The van der Waals surface area contributed by atoms with Crippen LogP contribution in [0.15, 0.2) is 23.4 Å². The molecule has 4 heteroatoms. The number of aryl methyl sites for hydroxylation is 1. The molecule has 0 aliphatic carbocycles. The third-order valence-corrected chi connectivity index (χ3v) is 1.84. The maximum atomic E-state index is 10.8. The summed E-state index contributed by atoms with van der Waals surface area (Å²) in [5.74, 6) is -0.785. The molecule has 0 heterocycles. The Kier molecular flexibility index (Phi) is 2.87. The van der Waals surface area contributed by atoms with Crippen LogP contribution in [0.25, 0.3) is 0 Å². The fourth-order valence-electron chi connectivity index (χ4n) is 1.06. The molecule has 0 fully saturated rings. The lowest BCUT2D eigenvalue weighted by Crippen LogP contribution is -1.96. The highest BCUT2D eigenvalue weighted by atomic mass is 16.3. The lowest BCUT2D eigenvalue weighted by atomic mass is 10.1. The Labute approximate surface area is 75.2 Å². The summed E-state index contributed by atoms with van der Waals surface area (Å²) in [4.78, 5) is 20.7. The Morgan fingerprint density at radius 2 is 2.23 bits per heavy atom. The van der Waals surface area contributed by atoms with E-state index >= 15 is 0 Å². The van der Waals surface area contributed by atoms with Crippen molar-refractivity contribution in [2.75, 3.05) is 0 Å². The fraction of sp³-hybridized carbons (Fsp3) is 0.222. The van der Waals surface area contributed by atoms with Gasteiger partial charge in [0.2, 0.25) is 0 Å². The molecule has 0 aromatic heterocycles. The van der Waals surface area contributed by atoms with Gasteiger partial charge in [-0.25, -0.2) is 0 Å². The minimum Gasteiger partial charge on any atom is -0.392 e. The van der Waals surface area contributed by atoms with Crippen LogP contribution in [0.2, 0.25) is 0 Å². The molecule has 0 atom stereocenters. The van der Waals surface area contributed by atoms with Gasteiger partial charge in [0.1, 0.15) is 0 Å². The molecule has 1 N–H and O–H groups in total. The molecular formula is C9H9NO3. The van der Waals surface area contributed by atoms with E-state index in [0.717, 1.165) is 11.1 Å². The molecule has 0 radical (unpaired) electrons. The molecule has 1 aromatic rings. The van der Waals surface area contributed by atoms with E-state index in [1.54, 1.807) is 13.0 Å². The highest BCUT2D eigenvalue weighted by Crippen LogP contribution is 2.11. The van der Waals surface area contributed by atoms with E-state index in [1.165, 1.54) is 12.1 Å². The first-order chi connectivity index (χ1) is 6.19. The third kappa shape index (κ3) is 1.97. The first-order valence-corrected chi connectivity index (χ1v) is 3.77. The van der Waals surface area contributed by atoms with E-state index in [4.69, 9.17) is 5.11 Å². The summed E-state index contributed by atoms with van der Waals surface area (Å²) in [6.45, 7) is 1.68. The van der Waals surface area contributed by atoms with Crippen LogP contribution in [0, 0.1) is 11.8 Å². The molecule has 0 aliphatic heterocycles. The van der Waals surface area contributed by atoms with E-state index in [9.17, 15) is 9.70 Å². The molecule has 0 bridgehead atoms. The molecule has 68 valence electrons. The summed E-state index contributed by atoms with van der Waals surface area (Å²) in [6.07, 6.45) is 0. The largest absolute Gasteiger partial charge is 0.392 e. The van der Waals surface area contributed by atoms with Gasteiger partial charge in [0.15, 0.2) is 0 Å². The normalized spacial score (nSPS) is 9.69. The number of benzene rings is 1. The SMILES string of the molecule is Cc1cc(C(=O)N=O)ccc1CO. The van der Waals surface area contributed by atoms with E-state index in [1.807, 2.05) is 0 Å². The van der Waals surface area contributed by atoms with E-state index < -0.39 is 5.91 Å². The highest BCUT2D eigenvalue weighted by Gasteiger charge is 2.06. The smallest absolute Gasteiger partial charge is 0.316 e. The number of hydrogen-bond acceptors (Lipinski definition) is 3. The Balaban J connectivity index is 3.09. The molecule has 1 aromatic carbocycles. The molecule has 0 aliphatic rings. The molecule has 13 heavy (non-hydrogen) atoms. The van der Waals surface area contributed by atoms with Crippen LogP contribution in [0.1, 0.15) is 21.5 Å². The van der Waals surface area contributed by atoms with Crippen LogP contribution in [0.4, 0.5) is 0 Å². The van der Waals surface area contributed by atoms with Gasteiger partial charge in [-0.15, -0.1) is 4.91 Å². The molecule has 0 saturated carbocycles. The topological polar surface area (TPSA) is 66.7 Å². The number of aliphatic hydroxyl groups is 1. The average molecular weight is 179 g/mol. The summed E-state index contributed by atoms with van der Waals surface area (Å²) < 4.78 is 0. The number of nitrogens with zero attached hydrogens (tertiary/aromatic N) is 1. The van der Waals surface area contributed by atoms with Gasteiger partial charge in [-0.05, 0) is 30.2 Å². The van der Waals surface area contributed by atoms with E-state index in [0.29, 0.717) is 0 Å². The first-order valence-electron chi connectivity index (χ1n) is 3.77. The minimum absolute atomic E-state index is 0.0746. The highest BCUT2D eigenvalue weighted by molar-refractivity contribution is 5.94. The Morgan fingerprint density at radius 3 is 2.69 bits per heavy atom. The molecule has 0 spiro atoms.